The minimum Gasteiger partial charge on any atom is -0.324 e. The quantitative estimate of drug-likeness (QED) is 0.510. The summed E-state index contributed by atoms with van der Waals surface area (Å²) in [6, 6.07) is 12.7. The number of nitrogens with one attached hydrogen (secondary N) is 2. The number of carbonyl (C=O) groups is 1. The summed E-state index contributed by atoms with van der Waals surface area (Å²) in [7, 11) is 0. The average Bonchev–Trinajstić information content (AvgIpc) is 3.15. The van der Waals surface area contributed by atoms with Gasteiger partial charge in [-0.25, -0.2) is 10.1 Å². The van der Waals surface area contributed by atoms with Crippen molar-refractivity contribution in [2.45, 2.75) is 5.16 Å². The smallest absolute Gasteiger partial charge is 0.234 e. The Hall–Kier alpha value is -2.22. The molecule has 0 fully saturated rings. The number of para-hydroxylation sites is 2. The molecule has 0 unspecified atom stereocenters. The number of rotatable bonds is 4. The van der Waals surface area contributed by atoms with Gasteiger partial charge in [0.2, 0.25) is 11.7 Å². The first-order valence-electron chi connectivity index (χ1n) is 7.31. The maximum absolute atomic E-state index is 12.2. The molecule has 9 heteroatoms. The molecule has 25 heavy (non-hydrogen) atoms. The van der Waals surface area contributed by atoms with E-state index in [0.717, 1.165) is 11.0 Å². The highest BCUT2D eigenvalue weighted by Gasteiger charge is 2.14. The summed E-state index contributed by atoms with van der Waals surface area (Å²) < 4.78 is 1.89. The molecule has 6 nitrogen and oxygen atoms in total. The lowest BCUT2D eigenvalue weighted by Crippen LogP contribution is -2.14. The maximum Gasteiger partial charge on any atom is 0.234 e. The standard InChI is InChI=1S/C16H11Cl2N5OS/c17-9-5-6-11(10(18)7-9)19-14(24)8-25-16-22-21-15-20-12-3-1-2-4-13(12)23(15)16/h1-7H,8H2,(H,19,24)(H,20,21). The minimum absolute atomic E-state index is 0.185. The molecule has 2 heterocycles. The van der Waals surface area contributed by atoms with Gasteiger partial charge in [0.05, 0.1) is 27.5 Å². The van der Waals surface area contributed by atoms with Crippen LogP contribution in [0.25, 0.3) is 16.8 Å². The fourth-order valence-electron chi connectivity index (χ4n) is 2.45. The topological polar surface area (TPSA) is 75.1 Å². The summed E-state index contributed by atoms with van der Waals surface area (Å²) in [5.74, 6) is 0.644. The highest BCUT2D eigenvalue weighted by atomic mass is 35.5. The van der Waals surface area contributed by atoms with E-state index in [2.05, 4.69) is 20.5 Å². The number of anilines is 1. The molecule has 4 rings (SSSR count). The largest absolute Gasteiger partial charge is 0.324 e. The zero-order valence-electron chi connectivity index (χ0n) is 12.7. The average molecular weight is 392 g/mol. The molecule has 2 aromatic carbocycles. The maximum atomic E-state index is 12.2. The Bertz CT molecular complexity index is 1090. The molecule has 0 saturated carbocycles. The molecular formula is C16H11Cl2N5OS. The molecule has 0 spiro atoms. The number of amides is 1. The fourth-order valence-corrected chi connectivity index (χ4v) is 3.66. The lowest BCUT2D eigenvalue weighted by molar-refractivity contribution is -0.113. The first-order chi connectivity index (χ1) is 12.1. The van der Waals surface area contributed by atoms with Gasteiger partial charge in [0.25, 0.3) is 0 Å². The molecule has 0 aliphatic carbocycles. The molecule has 2 N–H and O–H groups in total. The molecule has 126 valence electrons. The van der Waals surface area contributed by atoms with Crippen molar-refractivity contribution in [3.8, 4) is 0 Å². The zero-order valence-corrected chi connectivity index (χ0v) is 15.0. The van der Waals surface area contributed by atoms with Gasteiger partial charge < -0.3 is 5.32 Å². The van der Waals surface area contributed by atoms with Gasteiger partial charge in [0.15, 0.2) is 5.16 Å². The second-order valence-corrected chi connectivity index (χ2v) is 7.01. The number of H-pyrrole nitrogens is 1. The SMILES string of the molecule is O=C(CSc1n[nH]c2nc3ccccc3n12)Nc1ccc(Cl)cc1Cl. The fraction of sp³-hybridized carbons (Fsp3) is 0.0625. The van der Waals surface area contributed by atoms with Crippen LogP contribution in [0, 0.1) is 0 Å². The van der Waals surface area contributed by atoms with Gasteiger partial charge in [-0.1, -0.05) is 47.1 Å². The number of benzene rings is 2. The number of imidazole rings is 1. The van der Waals surface area contributed by atoms with Crippen LogP contribution in [0.15, 0.2) is 47.6 Å². The first-order valence-corrected chi connectivity index (χ1v) is 9.05. The molecule has 0 aliphatic heterocycles. The summed E-state index contributed by atoms with van der Waals surface area (Å²) in [6.45, 7) is 0. The summed E-state index contributed by atoms with van der Waals surface area (Å²) in [5, 5.41) is 11.5. The summed E-state index contributed by atoms with van der Waals surface area (Å²) in [4.78, 5) is 16.6. The molecule has 4 aromatic rings. The monoisotopic (exact) mass is 391 g/mol. The third-order valence-corrected chi connectivity index (χ3v) is 5.03. The van der Waals surface area contributed by atoms with Crippen molar-refractivity contribution in [3.05, 3.63) is 52.5 Å². The number of thioether (sulfide) groups is 1. The van der Waals surface area contributed by atoms with E-state index >= 15 is 0 Å². The predicted octanol–water partition coefficient (Wildman–Crippen LogP) is 4.25. The van der Waals surface area contributed by atoms with Crippen molar-refractivity contribution in [3.63, 3.8) is 0 Å². The molecule has 0 radical (unpaired) electrons. The van der Waals surface area contributed by atoms with Crippen LogP contribution in [-0.4, -0.2) is 31.2 Å². The van der Waals surface area contributed by atoms with Crippen LogP contribution in [0.5, 0.6) is 0 Å². The van der Waals surface area contributed by atoms with E-state index in [-0.39, 0.29) is 11.7 Å². The Morgan fingerprint density at radius 1 is 1.24 bits per heavy atom. The molecule has 0 atom stereocenters. The number of aromatic amines is 1. The Kier molecular flexibility index (Phi) is 4.29. The van der Waals surface area contributed by atoms with Crippen molar-refractivity contribution < 1.29 is 4.79 Å². The third-order valence-electron chi connectivity index (χ3n) is 3.54. The summed E-state index contributed by atoms with van der Waals surface area (Å²) in [6.07, 6.45) is 0. The van der Waals surface area contributed by atoms with E-state index in [1.165, 1.54) is 11.8 Å². The summed E-state index contributed by atoms with van der Waals surface area (Å²) in [5.41, 5.74) is 2.34. The third kappa shape index (κ3) is 3.18. The molecule has 1 amide bonds. The van der Waals surface area contributed by atoms with Crippen LogP contribution in [0.3, 0.4) is 0 Å². The van der Waals surface area contributed by atoms with Gasteiger partial charge in [-0.2, -0.15) is 0 Å². The van der Waals surface area contributed by atoms with Crippen LogP contribution in [0.4, 0.5) is 5.69 Å². The number of aromatic nitrogens is 4. The van der Waals surface area contributed by atoms with Crippen molar-refractivity contribution >= 4 is 63.4 Å². The first kappa shape index (κ1) is 16.3. The number of hydrogen-bond donors (Lipinski definition) is 2. The molecule has 2 aromatic heterocycles. The van der Waals surface area contributed by atoms with E-state index < -0.39 is 0 Å². The summed E-state index contributed by atoms with van der Waals surface area (Å²) >= 11 is 13.2. The van der Waals surface area contributed by atoms with Gasteiger partial charge in [-0.3, -0.25) is 9.20 Å². The molecule has 0 bridgehead atoms. The second kappa shape index (κ2) is 6.59. The van der Waals surface area contributed by atoms with Crippen LogP contribution in [0.2, 0.25) is 10.0 Å². The van der Waals surface area contributed by atoms with Crippen molar-refractivity contribution in [2.24, 2.45) is 0 Å². The van der Waals surface area contributed by atoms with E-state index in [1.807, 2.05) is 28.7 Å². The molecule has 0 saturated heterocycles. The van der Waals surface area contributed by atoms with E-state index in [4.69, 9.17) is 23.2 Å². The number of nitrogens with zero attached hydrogens (tertiary/aromatic N) is 3. The van der Waals surface area contributed by atoms with E-state index in [9.17, 15) is 4.79 Å². The molecular weight excluding hydrogens is 381 g/mol. The number of fused-ring (bicyclic) bond motifs is 3. The van der Waals surface area contributed by atoms with E-state index in [0.29, 0.717) is 26.7 Å². The van der Waals surface area contributed by atoms with Crippen LogP contribution >= 0.6 is 35.0 Å². The van der Waals surface area contributed by atoms with Crippen molar-refractivity contribution in [1.29, 1.82) is 0 Å². The highest BCUT2D eigenvalue weighted by molar-refractivity contribution is 7.99. The number of halogens is 2. The van der Waals surface area contributed by atoms with Gasteiger partial charge in [-0.15, -0.1) is 5.10 Å². The second-order valence-electron chi connectivity index (χ2n) is 5.23. The van der Waals surface area contributed by atoms with Gasteiger partial charge in [0, 0.05) is 5.02 Å². The Morgan fingerprint density at radius 3 is 2.92 bits per heavy atom. The van der Waals surface area contributed by atoms with Crippen molar-refractivity contribution in [1.82, 2.24) is 19.6 Å². The van der Waals surface area contributed by atoms with Crippen molar-refractivity contribution in [2.75, 3.05) is 11.1 Å². The predicted molar refractivity (Wildman–Crippen MR) is 101 cm³/mol. The van der Waals surface area contributed by atoms with Gasteiger partial charge in [0.1, 0.15) is 0 Å². The van der Waals surface area contributed by atoms with Crippen LogP contribution < -0.4 is 5.32 Å². The molecule has 0 aliphatic rings. The lowest BCUT2D eigenvalue weighted by Gasteiger charge is -2.06. The lowest BCUT2D eigenvalue weighted by atomic mass is 10.3. The Morgan fingerprint density at radius 2 is 2.08 bits per heavy atom. The normalized spacial score (nSPS) is 11.3. The Balaban J connectivity index is 1.51. The Labute approximate surface area is 156 Å². The van der Waals surface area contributed by atoms with Crippen LogP contribution in [-0.2, 0) is 4.79 Å². The van der Waals surface area contributed by atoms with Gasteiger partial charge >= 0.3 is 0 Å². The van der Waals surface area contributed by atoms with E-state index in [1.54, 1.807) is 18.2 Å². The number of carbonyl (C=O) groups excluding carboxylic acids is 1. The highest BCUT2D eigenvalue weighted by Crippen LogP contribution is 2.26. The zero-order chi connectivity index (χ0) is 17.4. The van der Waals surface area contributed by atoms with Crippen LogP contribution in [0.1, 0.15) is 0 Å². The number of hydrogen-bond acceptors (Lipinski definition) is 4. The minimum atomic E-state index is -0.185. The van der Waals surface area contributed by atoms with Gasteiger partial charge in [-0.05, 0) is 30.3 Å².